The van der Waals surface area contributed by atoms with Crippen LogP contribution in [-0.4, -0.2) is 26.7 Å². The first kappa shape index (κ1) is 19.4. The number of hydrogen-bond acceptors (Lipinski definition) is 4. The van der Waals surface area contributed by atoms with Crippen molar-refractivity contribution in [2.24, 2.45) is 11.3 Å². The Bertz CT molecular complexity index is 798. The molecule has 1 amide bonds. The van der Waals surface area contributed by atoms with Crippen molar-refractivity contribution in [3.8, 4) is 5.75 Å². The van der Waals surface area contributed by atoms with Crippen molar-refractivity contribution in [3.05, 3.63) is 28.5 Å². The van der Waals surface area contributed by atoms with E-state index in [1.807, 2.05) is 0 Å². The van der Waals surface area contributed by atoms with Crippen LogP contribution < -0.4 is 9.46 Å². The minimum atomic E-state index is -3.78. The van der Waals surface area contributed by atoms with Crippen molar-refractivity contribution < 1.29 is 22.3 Å². The van der Waals surface area contributed by atoms with Crippen molar-refractivity contribution in [2.75, 3.05) is 12.4 Å². The largest absolute Gasteiger partial charge is 0.492 e. The fraction of sp³-hybridized carbons (Fsp3) is 0.611. The highest BCUT2D eigenvalue weighted by molar-refractivity contribution is 7.90. The Morgan fingerprint density at radius 1 is 1.31 bits per heavy atom. The summed E-state index contributed by atoms with van der Waals surface area (Å²) in [6.45, 7) is 1.84. The van der Waals surface area contributed by atoms with Crippen molar-refractivity contribution in [1.29, 1.82) is 0 Å². The third-order valence-electron chi connectivity index (χ3n) is 5.49. The summed E-state index contributed by atoms with van der Waals surface area (Å²) in [5.41, 5.74) is 0.182. The number of carbonyl (C=O) groups is 1. The van der Waals surface area contributed by atoms with Gasteiger partial charge in [-0.1, -0.05) is 11.6 Å². The molecule has 0 bridgehead atoms. The molecule has 8 heteroatoms. The van der Waals surface area contributed by atoms with Crippen molar-refractivity contribution >= 4 is 27.5 Å². The van der Waals surface area contributed by atoms with Crippen LogP contribution >= 0.6 is 11.6 Å². The molecule has 0 heterocycles. The van der Waals surface area contributed by atoms with E-state index in [1.165, 1.54) is 32.6 Å². The van der Waals surface area contributed by atoms with Crippen LogP contribution in [0.25, 0.3) is 0 Å². The molecule has 2 saturated carbocycles. The predicted molar refractivity (Wildman–Crippen MR) is 97.5 cm³/mol. The smallest absolute Gasteiger partial charge is 0.267 e. The zero-order valence-electron chi connectivity index (χ0n) is 14.7. The lowest BCUT2D eigenvalue weighted by atomic mass is 9.80. The lowest BCUT2D eigenvalue weighted by Gasteiger charge is -2.28. The Morgan fingerprint density at radius 2 is 1.96 bits per heavy atom. The molecule has 144 valence electrons. The van der Waals surface area contributed by atoms with E-state index >= 15 is 0 Å². The van der Waals surface area contributed by atoms with Gasteiger partial charge in [0, 0.05) is 6.07 Å². The van der Waals surface area contributed by atoms with E-state index in [0.717, 1.165) is 25.0 Å². The number of ether oxygens (including phenoxy) is 1. The van der Waals surface area contributed by atoms with E-state index in [2.05, 4.69) is 0 Å². The quantitative estimate of drug-likeness (QED) is 0.781. The Morgan fingerprint density at radius 3 is 2.54 bits per heavy atom. The van der Waals surface area contributed by atoms with Gasteiger partial charge in [-0.15, -0.1) is 0 Å². The minimum absolute atomic E-state index is 0.0833. The average Bonchev–Trinajstić information content (AvgIpc) is 3.35. The summed E-state index contributed by atoms with van der Waals surface area (Å²) >= 11 is 6.10. The highest BCUT2D eigenvalue weighted by atomic mass is 35.5. The maximum atomic E-state index is 14.2. The zero-order chi connectivity index (χ0) is 18.9. The number of amides is 1. The minimum Gasteiger partial charge on any atom is -0.492 e. The Hall–Kier alpha value is -1.34. The molecule has 3 rings (SSSR count). The second-order valence-electron chi connectivity index (χ2n) is 7.35. The molecule has 0 aliphatic heterocycles. The number of hydrogen-bond donors (Lipinski definition) is 1. The molecule has 0 aromatic heterocycles. The third kappa shape index (κ3) is 4.49. The first-order chi connectivity index (χ1) is 12.2. The summed E-state index contributed by atoms with van der Waals surface area (Å²) in [6.07, 6.45) is 7.36. The molecule has 1 aromatic rings. The van der Waals surface area contributed by atoms with E-state index < -0.39 is 27.3 Å². The van der Waals surface area contributed by atoms with E-state index in [-0.39, 0.29) is 16.5 Å². The molecule has 2 aliphatic carbocycles. The number of carbonyl (C=O) groups excluding carboxylic acids is 1. The first-order valence-electron chi connectivity index (χ1n) is 8.90. The standard InChI is InChI=1S/C18H23ClFNO4S/c1-2-26(23,24)21-17(22)13-9-14(19)16(10-15(13)20)25-11-12-3-5-18(6-4-12)7-8-18/h9-10,12H,2-8,11H2,1H3,(H,21,22). The molecular formula is C18H23ClFNO4S. The monoisotopic (exact) mass is 403 g/mol. The normalized spacial score (nSPS) is 19.3. The molecule has 1 spiro atoms. The SMILES string of the molecule is CCS(=O)(=O)NC(=O)c1cc(Cl)c(OCC2CCC3(CC2)CC3)cc1F. The lowest BCUT2D eigenvalue weighted by molar-refractivity contribution is 0.0977. The molecule has 2 aliphatic rings. The van der Waals surface area contributed by atoms with Gasteiger partial charge in [0.15, 0.2) is 0 Å². The summed E-state index contributed by atoms with van der Waals surface area (Å²) in [7, 11) is -3.78. The number of rotatable bonds is 6. The highest BCUT2D eigenvalue weighted by Crippen LogP contribution is 2.57. The zero-order valence-corrected chi connectivity index (χ0v) is 16.3. The van der Waals surface area contributed by atoms with Crippen LogP contribution in [0.3, 0.4) is 0 Å². The van der Waals surface area contributed by atoms with Gasteiger partial charge >= 0.3 is 0 Å². The predicted octanol–water partition coefficient (Wildman–Crippen LogP) is 3.91. The third-order valence-corrected chi connectivity index (χ3v) is 7.04. The molecular weight excluding hydrogens is 381 g/mol. The fourth-order valence-electron chi connectivity index (χ4n) is 3.42. The number of halogens is 2. The molecule has 0 unspecified atom stereocenters. The average molecular weight is 404 g/mol. The van der Waals surface area contributed by atoms with E-state index in [9.17, 15) is 17.6 Å². The topological polar surface area (TPSA) is 72.5 Å². The number of benzene rings is 1. The summed E-state index contributed by atoms with van der Waals surface area (Å²) in [4.78, 5) is 11.9. The van der Waals surface area contributed by atoms with E-state index in [1.54, 1.807) is 4.72 Å². The lowest BCUT2D eigenvalue weighted by Crippen LogP contribution is -2.32. The summed E-state index contributed by atoms with van der Waals surface area (Å²) in [5, 5.41) is 0.0833. The van der Waals surface area contributed by atoms with Gasteiger partial charge in [-0.3, -0.25) is 4.79 Å². The molecule has 26 heavy (non-hydrogen) atoms. The Kier molecular flexibility index (Phi) is 5.49. The fourth-order valence-corrected chi connectivity index (χ4v) is 4.18. The van der Waals surface area contributed by atoms with Crippen LogP contribution in [0.1, 0.15) is 55.8 Å². The van der Waals surface area contributed by atoms with Crippen LogP contribution in [0.5, 0.6) is 5.75 Å². The molecule has 0 radical (unpaired) electrons. The van der Waals surface area contributed by atoms with Gasteiger partial charge < -0.3 is 4.74 Å². The summed E-state index contributed by atoms with van der Waals surface area (Å²) < 4.78 is 44.6. The van der Waals surface area contributed by atoms with Crippen LogP contribution in [0.4, 0.5) is 4.39 Å². The number of nitrogens with one attached hydrogen (secondary N) is 1. The Labute approximate surface area is 158 Å². The maximum absolute atomic E-state index is 14.2. The van der Waals surface area contributed by atoms with Crippen LogP contribution in [0.15, 0.2) is 12.1 Å². The second kappa shape index (κ2) is 7.35. The second-order valence-corrected chi connectivity index (χ2v) is 9.77. The van der Waals surface area contributed by atoms with E-state index in [0.29, 0.717) is 17.9 Å². The van der Waals surface area contributed by atoms with Gasteiger partial charge in [0.2, 0.25) is 10.0 Å². The maximum Gasteiger partial charge on any atom is 0.267 e. The highest BCUT2D eigenvalue weighted by Gasteiger charge is 2.44. The number of sulfonamides is 1. The molecule has 2 fully saturated rings. The van der Waals surface area contributed by atoms with Crippen molar-refractivity contribution in [2.45, 2.75) is 45.4 Å². The van der Waals surface area contributed by atoms with Gasteiger partial charge in [-0.2, -0.15) is 0 Å². The van der Waals surface area contributed by atoms with Crippen molar-refractivity contribution in [3.63, 3.8) is 0 Å². The van der Waals surface area contributed by atoms with Gasteiger partial charge in [0.05, 0.1) is 22.9 Å². The molecule has 0 atom stereocenters. The molecule has 1 N–H and O–H groups in total. The van der Waals surface area contributed by atoms with Gasteiger partial charge in [0.25, 0.3) is 5.91 Å². The van der Waals surface area contributed by atoms with Crippen LogP contribution in [-0.2, 0) is 10.0 Å². The molecule has 1 aromatic carbocycles. The van der Waals surface area contributed by atoms with E-state index in [4.69, 9.17) is 16.3 Å². The summed E-state index contributed by atoms with van der Waals surface area (Å²) in [6, 6.07) is 2.15. The van der Waals surface area contributed by atoms with Gasteiger partial charge in [0.1, 0.15) is 11.6 Å². The molecule has 5 nitrogen and oxygen atoms in total. The Balaban J connectivity index is 1.62. The van der Waals surface area contributed by atoms with Gasteiger partial charge in [-0.25, -0.2) is 17.5 Å². The van der Waals surface area contributed by atoms with Gasteiger partial charge in [-0.05, 0) is 62.8 Å². The molecule has 0 saturated heterocycles. The van der Waals surface area contributed by atoms with Crippen LogP contribution in [0.2, 0.25) is 5.02 Å². The first-order valence-corrected chi connectivity index (χ1v) is 10.9. The summed E-state index contributed by atoms with van der Waals surface area (Å²) in [5.74, 6) is -1.59. The van der Waals surface area contributed by atoms with Crippen molar-refractivity contribution in [1.82, 2.24) is 4.72 Å². The van der Waals surface area contributed by atoms with Crippen LogP contribution in [0, 0.1) is 17.2 Å².